The van der Waals surface area contributed by atoms with Crippen LogP contribution >= 0.6 is 0 Å². The summed E-state index contributed by atoms with van der Waals surface area (Å²) < 4.78 is 16.3. The minimum Gasteiger partial charge on any atom is -0.478 e. The zero-order valence-corrected chi connectivity index (χ0v) is 15.8. The maximum absolute atomic E-state index is 12.5. The van der Waals surface area contributed by atoms with Crippen LogP contribution in [0, 0.1) is 32.8 Å². The highest BCUT2D eigenvalue weighted by atomic mass is 16.6. The number of hydrogen-bond donors (Lipinski definition) is 0. The summed E-state index contributed by atoms with van der Waals surface area (Å²) in [6, 6.07) is 14.2. The molecule has 0 saturated heterocycles. The first-order valence-electron chi connectivity index (χ1n) is 8.81. The fourth-order valence-corrected chi connectivity index (χ4v) is 2.81. The molecule has 2 aromatic carbocycles. The standard InChI is InChI=1S/C21H15N3O6/c1-13(12-23)29-17-10-19(28-7-6-22)18-9-15(21(25)30-20(18)11-17)8-14-2-4-16(5-3-14)24(26)27/h2-5,9-11,13H,7-8H2,1H3. The summed E-state index contributed by atoms with van der Waals surface area (Å²) in [6.45, 7) is 1.33. The molecule has 150 valence electrons. The molecule has 30 heavy (non-hydrogen) atoms. The summed E-state index contributed by atoms with van der Waals surface area (Å²) in [4.78, 5) is 22.8. The molecule has 0 spiro atoms. The third-order valence-electron chi connectivity index (χ3n) is 4.19. The van der Waals surface area contributed by atoms with Gasteiger partial charge in [-0.2, -0.15) is 10.5 Å². The van der Waals surface area contributed by atoms with E-state index in [1.807, 2.05) is 12.1 Å². The van der Waals surface area contributed by atoms with Gasteiger partial charge in [0.25, 0.3) is 5.69 Å². The van der Waals surface area contributed by atoms with Gasteiger partial charge in [-0.3, -0.25) is 10.1 Å². The van der Waals surface area contributed by atoms with E-state index in [9.17, 15) is 14.9 Å². The van der Waals surface area contributed by atoms with Crippen molar-refractivity contribution in [3.63, 3.8) is 0 Å². The molecule has 0 aliphatic heterocycles. The molecule has 1 aromatic heterocycles. The number of ether oxygens (including phenoxy) is 2. The number of nitro groups is 1. The second kappa shape index (κ2) is 8.76. The molecule has 0 bridgehead atoms. The van der Waals surface area contributed by atoms with Crippen molar-refractivity contribution >= 4 is 16.7 Å². The Labute approximate surface area is 170 Å². The Bertz CT molecular complexity index is 1240. The van der Waals surface area contributed by atoms with E-state index in [4.69, 9.17) is 24.4 Å². The van der Waals surface area contributed by atoms with Crippen molar-refractivity contribution in [2.45, 2.75) is 19.4 Å². The molecule has 0 aliphatic carbocycles. The monoisotopic (exact) mass is 405 g/mol. The van der Waals surface area contributed by atoms with Gasteiger partial charge in [0.15, 0.2) is 12.7 Å². The number of hydrogen-bond acceptors (Lipinski definition) is 8. The molecule has 1 atom stereocenters. The fourth-order valence-electron chi connectivity index (χ4n) is 2.81. The molecule has 1 unspecified atom stereocenters. The zero-order valence-electron chi connectivity index (χ0n) is 15.8. The lowest BCUT2D eigenvalue weighted by atomic mass is 10.0. The van der Waals surface area contributed by atoms with E-state index in [0.717, 1.165) is 0 Å². The summed E-state index contributed by atoms with van der Waals surface area (Å²) in [5.41, 5.74) is 0.558. The number of nitrogens with zero attached hydrogens (tertiary/aromatic N) is 3. The van der Waals surface area contributed by atoms with Crippen molar-refractivity contribution < 1.29 is 18.8 Å². The third kappa shape index (κ3) is 4.54. The van der Waals surface area contributed by atoms with Gasteiger partial charge >= 0.3 is 5.63 Å². The van der Waals surface area contributed by atoms with Crippen LogP contribution in [0.5, 0.6) is 11.5 Å². The molecule has 0 radical (unpaired) electrons. The van der Waals surface area contributed by atoms with Gasteiger partial charge in [-0.1, -0.05) is 12.1 Å². The number of non-ortho nitro benzene ring substituents is 1. The van der Waals surface area contributed by atoms with Crippen molar-refractivity contribution in [2.75, 3.05) is 6.61 Å². The van der Waals surface area contributed by atoms with E-state index >= 15 is 0 Å². The van der Waals surface area contributed by atoms with Crippen molar-refractivity contribution in [1.82, 2.24) is 0 Å². The van der Waals surface area contributed by atoms with E-state index in [2.05, 4.69) is 0 Å². The van der Waals surface area contributed by atoms with Crippen LogP contribution in [0.1, 0.15) is 18.1 Å². The molecule has 0 N–H and O–H groups in total. The van der Waals surface area contributed by atoms with E-state index < -0.39 is 16.7 Å². The molecule has 9 nitrogen and oxygen atoms in total. The van der Waals surface area contributed by atoms with Crippen LogP contribution < -0.4 is 15.1 Å². The van der Waals surface area contributed by atoms with Crippen LogP contribution in [0.25, 0.3) is 11.0 Å². The predicted molar refractivity (Wildman–Crippen MR) is 105 cm³/mol. The Kier molecular flexibility index (Phi) is 5.94. The lowest BCUT2D eigenvalue weighted by Crippen LogP contribution is -2.10. The van der Waals surface area contributed by atoms with Crippen LogP contribution in [0.2, 0.25) is 0 Å². The van der Waals surface area contributed by atoms with E-state index in [1.54, 1.807) is 25.1 Å². The number of benzene rings is 2. The Morgan fingerprint density at radius 2 is 1.93 bits per heavy atom. The molecular weight excluding hydrogens is 390 g/mol. The maximum atomic E-state index is 12.5. The minimum atomic E-state index is -0.737. The van der Waals surface area contributed by atoms with Crippen LogP contribution in [0.15, 0.2) is 51.7 Å². The first-order valence-corrected chi connectivity index (χ1v) is 8.81. The van der Waals surface area contributed by atoms with Gasteiger partial charge in [0.2, 0.25) is 0 Å². The highest BCUT2D eigenvalue weighted by molar-refractivity contribution is 5.85. The van der Waals surface area contributed by atoms with Crippen LogP contribution in [0.4, 0.5) is 5.69 Å². The van der Waals surface area contributed by atoms with Gasteiger partial charge in [-0.25, -0.2) is 4.79 Å². The highest BCUT2D eigenvalue weighted by Gasteiger charge is 2.15. The fraction of sp³-hybridized carbons (Fsp3) is 0.190. The molecule has 1 heterocycles. The average Bonchev–Trinajstić information content (AvgIpc) is 2.73. The van der Waals surface area contributed by atoms with E-state index in [0.29, 0.717) is 16.5 Å². The minimum absolute atomic E-state index is 0.0457. The molecule has 9 heteroatoms. The van der Waals surface area contributed by atoms with Gasteiger partial charge in [0, 0.05) is 36.2 Å². The van der Waals surface area contributed by atoms with Crippen molar-refractivity contribution in [1.29, 1.82) is 10.5 Å². The first-order chi connectivity index (χ1) is 14.4. The average molecular weight is 405 g/mol. The third-order valence-corrected chi connectivity index (χ3v) is 4.19. The first kappa shape index (κ1) is 20.4. The summed E-state index contributed by atoms with van der Waals surface area (Å²) in [6.07, 6.45) is -0.545. The molecular formula is C21H15N3O6. The summed E-state index contributed by atoms with van der Waals surface area (Å²) in [5.74, 6) is 0.527. The van der Waals surface area contributed by atoms with Crippen molar-refractivity contribution in [3.05, 3.63) is 74.1 Å². The number of nitriles is 2. The molecule has 0 saturated carbocycles. The second-order valence-electron chi connectivity index (χ2n) is 6.33. The Morgan fingerprint density at radius 1 is 1.20 bits per heavy atom. The maximum Gasteiger partial charge on any atom is 0.339 e. The van der Waals surface area contributed by atoms with Gasteiger partial charge in [-0.05, 0) is 18.6 Å². The number of fused-ring (bicyclic) bond motifs is 1. The quantitative estimate of drug-likeness (QED) is 0.330. The summed E-state index contributed by atoms with van der Waals surface area (Å²) >= 11 is 0. The highest BCUT2D eigenvalue weighted by Crippen LogP contribution is 2.32. The lowest BCUT2D eigenvalue weighted by Gasteiger charge is -2.12. The largest absolute Gasteiger partial charge is 0.478 e. The second-order valence-corrected chi connectivity index (χ2v) is 6.33. The number of rotatable bonds is 7. The summed E-state index contributed by atoms with van der Waals surface area (Å²) in [5, 5.41) is 29.0. The van der Waals surface area contributed by atoms with Crippen molar-refractivity contribution in [3.8, 4) is 23.6 Å². The van der Waals surface area contributed by atoms with E-state index in [1.165, 1.54) is 24.3 Å². The van der Waals surface area contributed by atoms with Crippen LogP contribution in [-0.4, -0.2) is 17.6 Å². The van der Waals surface area contributed by atoms with Crippen LogP contribution in [-0.2, 0) is 6.42 Å². The SMILES string of the molecule is CC(C#N)Oc1cc(OCC#N)c2cc(Cc3ccc([N+](=O)[O-])cc3)c(=O)oc2c1. The molecule has 0 fully saturated rings. The molecule has 0 aliphatic rings. The lowest BCUT2D eigenvalue weighted by molar-refractivity contribution is -0.384. The summed E-state index contributed by atoms with van der Waals surface area (Å²) in [7, 11) is 0. The predicted octanol–water partition coefficient (Wildman–Crippen LogP) is 3.49. The van der Waals surface area contributed by atoms with Crippen molar-refractivity contribution in [2.24, 2.45) is 0 Å². The van der Waals surface area contributed by atoms with E-state index in [-0.39, 0.29) is 35.8 Å². The topological polar surface area (TPSA) is 139 Å². The molecule has 0 amide bonds. The van der Waals surface area contributed by atoms with Crippen LogP contribution in [0.3, 0.4) is 0 Å². The molecule has 3 rings (SSSR count). The Hall–Kier alpha value is -4.37. The Balaban J connectivity index is 2.02. The van der Waals surface area contributed by atoms with Gasteiger partial charge < -0.3 is 13.9 Å². The van der Waals surface area contributed by atoms with Gasteiger partial charge in [-0.15, -0.1) is 0 Å². The van der Waals surface area contributed by atoms with Gasteiger partial charge in [0.1, 0.15) is 29.2 Å². The number of nitro benzene ring substituents is 1. The zero-order chi connectivity index (χ0) is 21.7. The molecule has 3 aromatic rings. The normalized spacial score (nSPS) is 11.3. The smallest absolute Gasteiger partial charge is 0.339 e. The van der Waals surface area contributed by atoms with Gasteiger partial charge in [0.05, 0.1) is 10.3 Å². The Morgan fingerprint density at radius 3 is 2.57 bits per heavy atom.